The molecule has 0 unspecified atom stereocenters. The second-order valence-electron chi connectivity index (χ2n) is 1.75. The molecule has 0 aromatic heterocycles. The van der Waals surface area contributed by atoms with Crippen molar-refractivity contribution in [3.8, 4) is 0 Å². The first-order chi connectivity index (χ1) is 4.38. The smallest absolute Gasteiger partial charge is 0.230 e. The molecule has 0 fully saturated rings. The summed E-state index contributed by atoms with van der Waals surface area (Å²) in [5, 5.41) is 0. The Kier molecular flexibility index (Phi) is 1.78. The van der Waals surface area contributed by atoms with E-state index in [9.17, 15) is 0 Å². The Bertz CT molecular complexity index is 147. The van der Waals surface area contributed by atoms with E-state index in [1.807, 2.05) is 6.92 Å². The van der Waals surface area contributed by atoms with Gasteiger partial charge in [0.1, 0.15) is 5.76 Å². The first-order valence-electron chi connectivity index (χ1n) is 2.99. The summed E-state index contributed by atoms with van der Waals surface area (Å²) in [5.74, 6) is 1.70. The standard InChI is InChI=1S/C7H10O2/c1-3-6-7(4-2)9-5-8-6/h3H,1,4-5H2,2H3. The molecule has 1 rings (SSSR count). The molecule has 0 aliphatic carbocycles. The average Bonchev–Trinajstić information content (AvgIpc) is 2.33. The Labute approximate surface area is 54.8 Å². The van der Waals surface area contributed by atoms with Gasteiger partial charge in [0.2, 0.25) is 6.79 Å². The normalized spacial score (nSPS) is 17.0. The highest BCUT2D eigenvalue weighted by Crippen LogP contribution is 2.18. The zero-order chi connectivity index (χ0) is 6.69. The quantitative estimate of drug-likeness (QED) is 0.561. The van der Waals surface area contributed by atoms with Crippen molar-refractivity contribution in [2.24, 2.45) is 0 Å². The van der Waals surface area contributed by atoms with Gasteiger partial charge < -0.3 is 9.47 Å². The minimum Gasteiger partial charge on any atom is -0.458 e. The maximum absolute atomic E-state index is 5.09. The molecule has 9 heavy (non-hydrogen) atoms. The molecule has 0 radical (unpaired) electrons. The van der Waals surface area contributed by atoms with Crippen LogP contribution in [0.15, 0.2) is 24.2 Å². The monoisotopic (exact) mass is 126 g/mol. The summed E-state index contributed by atoms with van der Waals surface area (Å²) in [4.78, 5) is 0. The van der Waals surface area contributed by atoms with Crippen LogP contribution in [0.2, 0.25) is 0 Å². The number of allylic oxidation sites excluding steroid dienone is 2. The minimum atomic E-state index is 0.352. The van der Waals surface area contributed by atoms with Crippen LogP contribution in [0.5, 0.6) is 0 Å². The molecule has 1 aliphatic heterocycles. The van der Waals surface area contributed by atoms with Gasteiger partial charge in [0, 0.05) is 6.42 Å². The van der Waals surface area contributed by atoms with E-state index in [2.05, 4.69) is 6.58 Å². The van der Waals surface area contributed by atoms with Crippen molar-refractivity contribution in [3.05, 3.63) is 24.2 Å². The summed E-state index contributed by atoms with van der Waals surface area (Å²) in [6, 6.07) is 0. The van der Waals surface area contributed by atoms with Crippen LogP contribution in [0, 0.1) is 0 Å². The summed E-state index contributed by atoms with van der Waals surface area (Å²) in [7, 11) is 0. The molecule has 0 atom stereocenters. The molecule has 1 aliphatic rings. The van der Waals surface area contributed by atoms with Crippen molar-refractivity contribution in [2.75, 3.05) is 6.79 Å². The molecule has 0 spiro atoms. The predicted molar refractivity (Wildman–Crippen MR) is 34.6 cm³/mol. The zero-order valence-corrected chi connectivity index (χ0v) is 5.52. The third kappa shape index (κ3) is 1.07. The lowest BCUT2D eigenvalue weighted by atomic mass is 10.3. The maximum atomic E-state index is 5.09. The Morgan fingerprint density at radius 2 is 2.44 bits per heavy atom. The fraction of sp³-hybridized carbons (Fsp3) is 0.429. The summed E-state index contributed by atoms with van der Waals surface area (Å²) in [5.41, 5.74) is 0. The van der Waals surface area contributed by atoms with Crippen LogP contribution in [0.4, 0.5) is 0 Å². The van der Waals surface area contributed by atoms with E-state index in [0.717, 1.165) is 17.9 Å². The van der Waals surface area contributed by atoms with Crippen molar-refractivity contribution in [2.45, 2.75) is 13.3 Å². The Hall–Kier alpha value is -0.920. The lowest BCUT2D eigenvalue weighted by Gasteiger charge is -1.92. The van der Waals surface area contributed by atoms with E-state index in [1.165, 1.54) is 0 Å². The van der Waals surface area contributed by atoms with E-state index in [-0.39, 0.29) is 0 Å². The Morgan fingerprint density at radius 3 is 2.89 bits per heavy atom. The topological polar surface area (TPSA) is 18.5 Å². The van der Waals surface area contributed by atoms with Gasteiger partial charge in [-0.1, -0.05) is 13.5 Å². The van der Waals surface area contributed by atoms with Crippen LogP contribution in [0.25, 0.3) is 0 Å². The first-order valence-corrected chi connectivity index (χ1v) is 2.99. The largest absolute Gasteiger partial charge is 0.458 e. The molecule has 50 valence electrons. The molecule has 0 aromatic carbocycles. The van der Waals surface area contributed by atoms with Crippen molar-refractivity contribution in [1.82, 2.24) is 0 Å². The fourth-order valence-electron chi connectivity index (χ4n) is 0.765. The SMILES string of the molecule is C=CC1=C(CC)OCO1. The fourth-order valence-corrected chi connectivity index (χ4v) is 0.765. The van der Waals surface area contributed by atoms with Crippen molar-refractivity contribution < 1.29 is 9.47 Å². The van der Waals surface area contributed by atoms with E-state index < -0.39 is 0 Å². The highest BCUT2D eigenvalue weighted by molar-refractivity contribution is 5.15. The lowest BCUT2D eigenvalue weighted by molar-refractivity contribution is 0.0726. The minimum absolute atomic E-state index is 0.352. The van der Waals surface area contributed by atoms with Gasteiger partial charge in [-0.15, -0.1) is 0 Å². The molecule has 2 heteroatoms. The van der Waals surface area contributed by atoms with Crippen LogP contribution < -0.4 is 0 Å². The molecule has 0 aromatic rings. The maximum Gasteiger partial charge on any atom is 0.230 e. The predicted octanol–water partition coefficient (Wildman–Crippen LogP) is 1.80. The zero-order valence-electron chi connectivity index (χ0n) is 5.52. The molecule has 0 saturated carbocycles. The summed E-state index contributed by atoms with van der Waals surface area (Å²) in [6.07, 6.45) is 2.55. The summed E-state index contributed by atoms with van der Waals surface area (Å²) < 4.78 is 10.1. The van der Waals surface area contributed by atoms with Crippen LogP contribution in [-0.4, -0.2) is 6.79 Å². The van der Waals surface area contributed by atoms with Gasteiger partial charge in [-0.2, -0.15) is 0 Å². The average molecular weight is 126 g/mol. The molecule has 0 saturated heterocycles. The molecule has 2 nitrogen and oxygen atoms in total. The van der Waals surface area contributed by atoms with Crippen molar-refractivity contribution in [3.63, 3.8) is 0 Å². The number of rotatable bonds is 2. The van der Waals surface area contributed by atoms with Crippen molar-refractivity contribution in [1.29, 1.82) is 0 Å². The highest BCUT2D eigenvalue weighted by atomic mass is 16.7. The molecule has 0 bridgehead atoms. The van der Waals surface area contributed by atoms with E-state index in [0.29, 0.717) is 6.79 Å². The third-order valence-electron chi connectivity index (χ3n) is 1.23. The molecule has 0 amide bonds. The van der Waals surface area contributed by atoms with Crippen LogP contribution in [-0.2, 0) is 9.47 Å². The van der Waals surface area contributed by atoms with E-state index >= 15 is 0 Å². The third-order valence-corrected chi connectivity index (χ3v) is 1.23. The van der Waals surface area contributed by atoms with E-state index in [1.54, 1.807) is 6.08 Å². The van der Waals surface area contributed by atoms with Crippen molar-refractivity contribution >= 4 is 0 Å². The highest BCUT2D eigenvalue weighted by Gasteiger charge is 2.11. The summed E-state index contributed by atoms with van der Waals surface area (Å²) in [6.45, 7) is 5.95. The van der Waals surface area contributed by atoms with Gasteiger partial charge in [0.05, 0.1) is 0 Å². The number of ether oxygens (including phenoxy) is 2. The van der Waals surface area contributed by atoms with E-state index in [4.69, 9.17) is 9.47 Å². The van der Waals surface area contributed by atoms with Crippen LogP contribution in [0.3, 0.4) is 0 Å². The van der Waals surface area contributed by atoms with Gasteiger partial charge in [-0.3, -0.25) is 0 Å². The van der Waals surface area contributed by atoms with Gasteiger partial charge in [-0.25, -0.2) is 0 Å². The molecule has 0 N–H and O–H groups in total. The lowest BCUT2D eigenvalue weighted by Crippen LogP contribution is -1.81. The van der Waals surface area contributed by atoms with Gasteiger partial charge in [0.25, 0.3) is 0 Å². The second-order valence-corrected chi connectivity index (χ2v) is 1.75. The Balaban J connectivity index is 2.69. The Morgan fingerprint density at radius 1 is 1.67 bits per heavy atom. The summed E-state index contributed by atoms with van der Waals surface area (Å²) >= 11 is 0. The second kappa shape index (κ2) is 2.58. The number of hydrogen-bond acceptors (Lipinski definition) is 2. The first kappa shape index (κ1) is 6.20. The van der Waals surface area contributed by atoms with Crippen LogP contribution >= 0.6 is 0 Å². The molecule has 1 heterocycles. The molecular formula is C7H10O2. The van der Waals surface area contributed by atoms with Crippen LogP contribution in [0.1, 0.15) is 13.3 Å². The van der Waals surface area contributed by atoms with Gasteiger partial charge in [-0.05, 0) is 6.08 Å². The van der Waals surface area contributed by atoms with Gasteiger partial charge in [0.15, 0.2) is 5.76 Å². The van der Waals surface area contributed by atoms with Gasteiger partial charge >= 0.3 is 0 Å². The number of hydrogen-bond donors (Lipinski definition) is 0. The molecular weight excluding hydrogens is 116 g/mol.